The molecule has 0 bridgehead atoms. The molecule has 2 atom stereocenters. The first kappa shape index (κ1) is 14.7. The van der Waals surface area contributed by atoms with Crippen LogP contribution in [0.4, 0.5) is 0 Å². The Bertz CT molecular complexity index is 504. The quantitative estimate of drug-likeness (QED) is 0.928. The van der Waals surface area contributed by atoms with Gasteiger partial charge in [0.2, 0.25) is 0 Å². The molecular weight excluding hydrogens is 264 g/mol. The van der Waals surface area contributed by atoms with Crippen molar-refractivity contribution in [3.05, 3.63) is 23.3 Å². The van der Waals surface area contributed by atoms with Gasteiger partial charge in [-0.1, -0.05) is 6.92 Å². The second-order valence-corrected chi connectivity index (χ2v) is 6.19. The summed E-state index contributed by atoms with van der Waals surface area (Å²) in [5.41, 5.74) is 8.63. The van der Waals surface area contributed by atoms with Gasteiger partial charge in [0.25, 0.3) is 0 Å². The fourth-order valence-corrected chi connectivity index (χ4v) is 3.52. The van der Waals surface area contributed by atoms with Crippen molar-refractivity contribution in [3.63, 3.8) is 0 Å². The Morgan fingerprint density at radius 3 is 2.57 bits per heavy atom. The van der Waals surface area contributed by atoms with Gasteiger partial charge in [0.1, 0.15) is 0 Å². The van der Waals surface area contributed by atoms with E-state index in [2.05, 4.69) is 31.0 Å². The molecule has 1 aromatic carbocycles. The summed E-state index contributed by atoms with van der Waals surface area (Å²) in [5.74, 6) is 2.41. The standard InChI is InChI=1S/C17H26N2O2/c1-3-13-8-16-17(21-6-4-5-20-16)9-14(13)15-7-12(10-18)11-19(15)2/h8-9,12,15H,3-7,10-11,18H2,1-2H3. The highest BCUT2D eigenvalue weighted by Gasteiger charge is 2.31. The van der Waals surface area contributed by atoms with E-state index in [9.17, 15) is 0 Å². The van der Waals surface area contributed by atoms with Crippen molar-refractivity contribution in [3.8, 4) is 11.5 Å². The number of fused-ring (bicyclic) bond motifs is 1. The van der Waals surface area contributed by atoms with Crippen LogP contribution in [0.15, 0.2) is 12.1 Å². The van der Waals surface area contributed by atoms with E-state index in [4.69, 9.17) is 15.2 Å². The number of aryl methyl sites for hydroxylation is 1. The summed E-state index contributed by atoms with van der Waals surface area (Å²) in [6.07, 6.45) is 3.10. The topological polar surface area (TPSA) is 47.7 Å². The molecule has 2 aliphatic heterocycles. The predicted octanol–water partition coefficient (Wildman–Crippen LogP) is 2.36. The number of nitrogens with two attached hydrogens (primary N) is 1. The highest BCUT2D eigenvalue weighted by molar-refractivity contribution is 5.49. The third kappa shape index (κ3) is 2.87. The molecule has 4 nitrogen and oxygen atoms in total. The predicted molar refractivity (Wildman–Crippen MR) is 84.0 cm³/mol. The third-order valence-electron chi connectivity index (χ3n) is 4.72. The summed E-state index contributed by atoms with van der Waals surface area (Å²) in [7, 11) is 2.20. The van der Waals surface area contributed by atoms with E-state index in [-0.39, 0.29) is 0 Å². The number of hydrogen-bond donors (Lipinski definition) is 1. The minimum absolute atomic E-state index is 0.450. The van der Waals surface area contributed by atoms with Crippen LogP contribution in [0.2, 0.25) is 0 Å². The van der Waals surface area contributed by atoms with E-state index in [1.807, 2.05) is 0 Å². The zero-order chi connectivity index (χ0) is 14.8. The summed E-state index contributed by atoms with van der Waals surface area (Å²) in [6.45, 7) is 5.54. The average Bonchev–Trinajstić information content (AvgIpc) is 2.73. The Kier molecular flexibility index (Phi) is 4.36. The van der Waals surface area contributed by atoms with Gasteiger partial charge >= 0.3 is 0 Å². The van der Waals surface area contributed by atoms with Crippen LogP contribution in [0.3, 0.4) is 0 Å². The molecule has 0 aromatic heterocycles. The number of hydrogen-bond acceptors (Lipinski definition) is 4. The smallest absolute Gasteiger partial charge is 0.161 e. The van der Waals surface area contributed by atoms with Crippen molar-refractivity contribution in [2.45, 2.75) is 32.2 Å². The van der Waals surface area contributed by atoms with Crippen LogP contribution < -0.4 is 15.2 Å². The molecule has 0 amide bonds. The largest absolute Gasteiger partial charge is 0.490 e. The second-order valence-electron chi connectivity index (χ2n) is 6.19. The van der Waals surface area contributed by atoms with Crippen molar-refractivity contribution in [1.29, 1.82) is 0 Å². The van der Waals surface area contributed by atoms with Crippen molar-refractivity contribution >= 4 is 0 Å². The van der Waals surface area contributed by atoms with Gasteiger partial charge in [0.05, 0.1) is 13.2 Å². The zero-order valence-electron chi connectivity index (χ0n) is 13.1. The molecule has 2 aliphatic rings. The maximum Gasteiger partial charge on any atom is 0.161 e. The van der Waals surface area contributed by atoms with E-state index in [0.29, 0.717) is 12.0 Å². The molecule has 0 spiro atoms. The molecule has 3 rings (SSSR count). The van der Waals surface area contributed by atoms with Crippen molar-refractivity contribution < 1.29 is 9.47 Å². The van der Waals surface area contributed by atoms with Gasteiger partial charge in [-0.05, 0) is 55.6 Å². The van der Waals surface area contributed by atoms with E-state index in [0.717, 1.165) is 57.1 Å². The van der Waals surface area contributed by atoms with Crippen LogP contribution in [0.25, 0.3) is 0 Å². The summed E-state index contributed by atoms with van der Waals surface area (Å²) in [4.78, 5) is 2.43. The molecule has 2 N–H and O–H groups in total. The molecule has 2 heterocycles. The number of ether oxygens (including phenoxy) is 2. The van der Waals surface area contributed by atoms with Crippen LogP contribution in [0, 0.1) is 5.92 Å². The number of rotatable bonds is 3. The Morgan fingerprint density at radius 1 is 1.24 bits per heavy atom. The van der Waals surface area contributed by atoms with Crippen molar-refractivity contribution in [1.82, 2.24) is 4.90 Å². The van der Waals surface area contributed by atoms with Gasteiger partial charge in [-0.25, -0.2) is 0 Å². The molecule has 1 saturated heterocycles. The molecule has 116 valence electrons. The lowest BCUT2D eigenvalue weighted by molar-refractivity contribution is 0.296. The number of likely N-dealkylation sites (tertiary alicyclic amines) is 1. The first-order valence-corrected chi connectivity index (χ1v) is 8.05. The van der Waals surface area contributed by atoms with E-state index in [1.165, 1.54) is 11.1 Å². The van der Waals surface area contributed by atoms with Gasteiger partial charge in [-0.2, -0.15) is 0 Å². The van der Waals surface area contributed by atoms with Crippen molar-refractivity contribution in [2.24, 2.45) is 11.7 Å². The van der Waals surface area contributed by atoms with Crippen LogP contribution in [0.1, 0.15) is 36.9 Å². The summed E-state index contributed by atoms with van der Waals surface area (Å²) >= 11 is 0. The van der Waals surface area contributed by atoms with E-state index in [1.54, 1.807) is 0 Å². The van der Waals surface area contributed by atoms with E-state index >= 15 is 0 Å². The van der Waals surface area contributed by atoms with E-state index < -0.39 is 0 Å². The molecule has 21 heavy (non-hydrogen) atoms. The van der Waals surface area contributed by atoms with Crippen molar-refractivity contribution in [2.75, 3.05) is 33.4 Å². The maximum atomic E-state index is 5.87. The van der Waals surface area contributed by atoms with Gasteiger partial charge in [0.15, 0.2) is 11.5 Å². The Hall–Kier alpha value is -1.26. The monoisotopic (exact) mass is 290 g/mol. The molecule has 1 aromatic rings. The number of nitrogens with zero attached hydrogens (tertiary/aromatic N) is 1. The third-order valence-corrected chi connectivity index (χ3v) is 4.72. The highest BCUT2D eigenvalue weighted by Crippen LogP contribution is 2.41. The molecule has 2 unspecified atom stereocenters. The summed E-state index contributed by atoms with van der Waals surface area (Å²) in [6, 6.07) is 4.84. The Labute approximate surface area is 127 Å². The molecule has 0 aliphatic carbocycles. The van der Waals surface area contributed by atoms with Gasteiger partial charge in [-0.3, -0.25) is 4.90 Å². The van der Waals surface area contributed by atoms with Crippen LogP contribution >= 0.6 is 0 Å². The first-order chi connectivity index (χ1) is 10.2. The van der Waals surface area contributed by atoms with Crippen LogP contribution in [0.5, 0.6) is 11.5 Å². The molecular formula is C17H26N2O2. The second kappa shape index (κ2) is 6.24. The zero-order valence-corrected chi connectivity index (χ0v) is 13.1. The molecule has 0 radical (unpaired) electrons. The van der Waals surface area contributed by atoms with Gasteiger partial charge in [0, 0.05) is 19.0 Å². The molecule has 1 fully saturated rings. The maximum absolute atomic E-state index is 5.87. The normalized spacial score (nSPS) is 25.9. The fraction of sp³-hybridized carbons (Fsp3) is 0.647. The summed E-state index contributed by atoms with van der Waals surface area (Å²) < 4.78 is 11.7. The average molecular weight is 290 g/mol. The highest BCUT2D eigenvalue weighted by atomic mass is 16.5. The minimum Gasteiger partial charge on any atom is -0.490 e. The lowest BCUT2D eigenvalue weighted by Crippen LogP contribution is -2.21. The fourth-order valence-electron chi connectivity index (χ4n) is 3.52. The van der Waals surface area contributed by atoms with Gasteiger partial charge < -0.3 is 15.2 Å². The Balaban J connectivity index is 1.95. The van der Waals surface area contributed by atoms with Gasteiger partial charge in [-0.15, -0.1) is 0 Å². The molecule has 4 heteroatoms. The number of benzene rings is 1. The lowest BCUT2D eigenvalue weighted by atomic mass is 9.94. The van der Waals surface area contributed by atoms with Crippen LogP contribution in [-0.4, -0.2) is 38.3 Å². The SMILES string of the molecule is CCc1cc2c(cc1C1CC(CN)CN1C)OCCCO2. The Morgan fingerprint density at radius 2 is 1.95 bits per heavy atom. The first-order valence-electron chi connectivity index (χ1n) is 8.05. The summed E-state index contributed by atoms with van der Waals surface area (Å²) in [5, 5.41) is 0. The lowest BCUT2D eigenvalue weighted by Gasteiger charge is -2.23. The molecule has 0 saturated carbocycles. The minimum atomic E-state index is 0.450. The van der Waals surface area contributed by atoms with Crippen LogP contribution in [-0.2, 0) is 6.42 Å².